The molecule has 0 aliphatic carbocycles. The summed E-state index contributed by atoms with van der Waals surface area (Å²) in [5, 5.41) is -0.734. The molecule has 0 aromatic heterocycles. The smallest absolute Gasteiger partial charge is 0.250 e. The largest absolute Gasteiger partial charge is 0.497 e. The van der Waals surface area contributed by atoms with Crippen LogP contribution in [0.15, 0.2) is 54.6 Å². The normalized spacial score (nSPS) is 16.7. The lowest BCUT2D eigenvalue weighted by Crippen LogP contribution is -2.50. The summed E-state index contributed by atoms with van der Waals surface area (Å²) < 4.78 is 5.34. The fraction of sp³-hybridized carbons (Fsp3) is 0.286. The SMILES string of the molecule is COc1ccc2c(c1)C(C)=CC(C)(C)N2C(=O)[C@@H](Cl)c1ccccc1. The van der Waals surface area contributed by atoms with E-state index in [0.29, 0.717) is 0 Å². The monoisotopic (exact) mass is 355 g/mol. The maximum Gasteiger partial charge on any atom is 0.250 e. The van der Waals surface area contributed by atoms with Crippen molar-refractivity contribution in [1.82, 2.24) is 0 Å². The molecule has 0 spiro atoms. The molecule has 0 unspecified atom stereocenters. The second kappa shape index (κ2) is 6.57. The first kappa shape index (κ1) is 17.6. The lowest BCUT2D eigenvalue weighted by Gasteiger charge is -2.42. The van der Waals surface area contributed by atoms with Crippen LogP contribution in [0.5, 0.6) is 5.75 Å². The molecule has 0 saturated carbocycles. The van der Waals surface area contributed by atoms with Crippen molar-refractivity contribution in [3.63, 3.8) is 0 Å². The number of allylic oxidation sites excluding steroid dienone is 1. The number of nitrogens with zero attached hydrogens (tertiary/aromatic N) is 1. The molecule has 3 nitrogen and oxygen atoms in total. The number of methoxy groups -OCH3 is 1. The van der Waals surface area contributed by atoms with Gasteiger partial charge in [0.1, 0.15) is 11.1 Å². The quantitative estimate of drug-likeness (QED) is 0.708. The van der Waals surface area contributed by atoms with Crippen LogP contribution < -0.4 is 9.64 Å². The molecule has 3 rings (SSSR count). The zero-order valence-corrected chi connectivity index (χ0v) is 15.7. The average Bonchev–Trinajstić information content (AvgIpc) is 2.60. The fourth-order valence-corrected chi connectivity index (χ4v) is 3.66. The van der Waals surface area contributed by atoms with Crippen molar-refractivity contribution in [1.29, 1.82) is 0 Å². The predicted octanol–water partition coefficient (Wildman–Crippen LogP) is 5.20. The summed E-state index contributed by atoms with van der Waals surface area (Å²) in [6.45, 7) is 6.10. The number of amides is 1. The molecule has 1 atom stereocenters. The number of hydrogen-bond donors (Lipinski definition) is 0. The molecule has 25 heavy (non-hydrogen) atoms. The number of halogens is 1. The second-order valence-electron chi connectivity index (χ2n) is 6.81. The summed E-state index contributed by atoms with van der Waals surface area (Å²) in [5.41, 5.74) is 3.30. The van der Waals surface area contributed by atoms with Crippen LogP contribution in [-0.4, -0.2) is 18.6 Å². The molecule has 0 N–H and O–H groups in total. The summed E-state index contributed by atoms with van der Waals surface area (Å²) in [6.07, 6.45) is 2.10. The van der Waals surface area contributed by atoms with Gasteiger partial charge >= 0.3 is 0 Å². The molecule has 0 saturated heterocycles. The number of fused-ring (bicyclic) bond motifs is 1. The maximum atomic E-state index is 13.3. The molecule has 0 fully saturated rings. The molecule has 2 aromatic rings. The molecular formula is C21H22ClNO2. The van der Waals surface area contributed by atoms with E-state index < -0.39 is 10.9 Å². The van der Waals surface area contributed by atoms with Crippen LogP contribution in [0, 0.1) is 0 Å². The molecular weight excluding hydrogens is 334 g/mol. The molecule has 1 aliphatic rings. The zero-order chi connectivity index (χ0) is 18.2. The highest BCUT2D eigenvalue weighted by Crippen LogP contribution is 2.42. The first-order chi connectivity index (χ1) is 11.8. The van der Waals surface area contributed by atoms with E-state index in [1.165, 1.54) is 0 Å². The van der Waals surface area contributed by atoms with E-state index in [0.717, 1.165) is 28.1 Å². The van der Waals surface area contributed by atoms with Crippen LogP contribution in [0.3, 0.4) is 0 Å². The van der Waals surface area contributed by atoms with Crippen LogP contribution in [0.25, 0.3) is 5.57 Å². The van der Waals surface area contributed by atoms with Crippen LogP contribution in [0.2, 0.25) is 0 Å². The Balaban J connectivity index is 2.07. The lowest BCUT2D eigenvalue weighted by atomic mass is 9.88. The van der Waals surface area contributed by atoms with E-state index in [2.05, 4.69) is 13.0 Å². The lowest BCUT2D eigenvalue weighted by molar-refractivity contribution is -0.119. The van der Waals surface area contributed by atoms with Crippen LogP contribution in [0.4, 0.5) is 5.69 Å². The van der Waals surface area contributed by atoms with Crippen LogP contribution in [-0.2, 0) is 4.79 Å². The van der Waals surface area contributed by atoms with Gasteiger partial charge in [-0.2, -0.15) is 0 Å². The van der Waals surface area contributed by atoms with Crippen molar-refractivity contribution in [2.24, 2.45) is 0 Å². The zero-order valence-electron chi connectivity index (χ0n) is 14.9. The average molecular weight is 356 g/mol. The highest BCUT2D eigenvalue weighted by molar-refractivity contribution is 6.33. The van der Waals surface area contributed by atoms with Crippen molar-refractivity contribution in [2.75, 3.05) is 12.0 Å². The van der Waals surface area contributed by atoms with Crippen molar-refractivity contribution < 1.29 is 9.53 Å². The van der Waals surface area contributed by atoms with Gasteiger partial charge in [-0.15, -0.1) is 11.6 Å². The molecule has 2 aromatic carbocycles. The number of rotatable bonds is 3. The summed E-state index contributed by atoms with van der Waals surface area (Å²) in [7, 11) is 1.64. The fourth-order valence-electron chi connectivity index (χ4n) is 3.42. The van der Waals surface area contributed by atoms with Gasteiger partial charge in [-0.25, -0.2) is 0 Å². The van der Waals surface area contributed by atoms with Gasteiger partial charge in [-0.05, 0) is 50.1 Å². The molecule has 0 bridgehead atoms. The Morgan fingerprint density at radius 3 is 2.48 bits per heavy atom. The summed E-state index contributed by atoms with van der Waals surface area (Å²) in [6, 6.07) is 15.2. The van der Waals surface area contributed by atoms with E-state index in [9.17, 15) is 4.79 Å². The van der Waals surface area contributed by atoms with Crippen molar-refractivity contribution >= 4 is 28.8 Å². The Hall–Kier alpha value is -2.26. The Kier molecular flexibility index (Phi) is 4.61. The highest BCUT2D eigenvalue weighted by Gasteiger charge is 2.38. The number of hydrogen-bond acceptors (Lipinski definition) is 2. The first-order valence-electron chi connectivity index (χ1n) is 8.26. The van der Waals surface area contributed by atoms with Gasteiger partial charge in [-0.3, -0.25) is 4.79 Å². The molecule has 130 valence electrons. The Bertz CT molecular complexity index is 827. The summed E-state index contributed by atoms with van der Waals surface area (Å²) in [5.74, 6) is 0.636. The third-order valence-electron chi connectivity index (χ3n) is 4.54. The standard InChI is InChI=1S/C21H22ClNO2/c1-14-13-21(2,3)23(18-11-10-16(25-4)12-17(14)18)20(24)19(22)15-8-6-5-7-9-15/h5-13,19H,1-4H3/t19-/m0/s1. The third-order valence-corrected chi connectivity index (χ3v) is 4.98. The maximum absolute atomic E-state index is 13.3. The van der Waals surface area contributed by atoms with Gasteiger partial charge < -0.3 is 9.64 Å². The van der Waals surface area contributed by atoms with E-state index in [4.69, 9.17) is 16.3 Å². The third kappa shape index (κ3) is 3.16. The minimum atomic E-state index is -0.734. The number of ether oxygens (including phenoxy) is 1. The van der Waals surface area contributed by atoms with Crippen LogP contribution >= 0.6 is 11.6 Å². The van der Waals surface area contributed by atoms with Gasteiger partial charge in [0.15, 0.2) is 0 Å². The molecule has 1 amide bonds. The van der Waals surface area contributed by atoms with Gasteiger partial charge in [0.25, 0.3) is 0 Å². The molecule has 1 heterocycles. The highest BCUT2D eigenvalue weighted by atomic mass is 35.5. The topological polar surface area (TPSA) is 29.5 Å². The minimum absolute atomic E-state index is 0.131. The van der Waals surface area contributed by atoms with Gasteiger partial charge in [0, 0.05) is 5.56 Å². The van der Waals surface area contributed by atoms with Gasteiger partial charge in [0.2, 0.25) is 5.91 Å². The Labute approximate surface area is 153 Å². The Morgan fingerprint density at radius 1 is 1.16 bits per heavy atom. The Morgan fingerprint density at radius 2 is 1.84 bits per heavy atom. The van der Waals surface area contributed by atoms with E-state index in [1.54, 1.807) is 12.0 Å². The van der Waals surface area contributed by atoms with Crippen LogP contribution in [0.1, 0.15) is 37.3 Å². The summed E-state index contributed by atoms with van der Waals surface area (Å²) in [4.78, 5) is 15.1. The van der Waals surface area contributed by atoms with E-state index >= 15 is 0 Å². The van der Waals surface area contributed by atoms with E-state index in [-0.39, 0.29) is 5.91 Å². The number of alkyl halides is 1. The predicted molar refractivity (Wildman–Crippen MR) is 103 cm³/mol. The number of carbonyl (C=O) groups is 1. The second-order valence-corrected chi connectivity index (χ2v) is 7.25. The van der Waals surface area contributed by atoms with Crippen molar-refractivity contribution in [2.45, 2.75) is 31.7 Å². The van der Waals surface area contributed by atoms with Gasteiger partial charge in [-0.1, -0.05) is 36.4 Å². The number of anilines is 1. The molecule has 4 heteroatoms. The van der Waals surface area contributed by atoms with Crippen molar-refractivity contribution in [3.8, 4) is 5.75 Å². The van der Waals surface area contributed by atoms with Crippen molar-refractivity contribution in [3.05, 3.63) is 65.7 Å². The van der Waals surface area contributed by atoms with Gasteiger partial charge in [0.05, 0.1) is 18.3 Å². The first-order valence-corrected chi connectivity index (χ1v) is 8.70. The molecule has 1 aliphatic heterocycles. The summed E-state index contributed by atoms with van der Waals surface area (Å²) >= 11 is 6.54. The molecule has 0 radical (unpaired) electrons. The van der Waals surface area contributed by atoms with E-state index in [1.807, 2.05) is 62.4 Å². The number of benzene rings is 2. The number of carbonyl (C=O) groups excluding carboxylic acids is 1. The minimum Gasteiger partial charge on any atom is -0.497 e.